The molecule has 0 bridgehead atoms. The van der Waals surface area contributed by atoms with Crippen LogP contribution in [0, 0.1) is 13.8 Å². The Balaban J connectivity index is 1.78. The van der Waals surface area contributed by atoms with Crippen molar-refractivity contribution >= 4 is 5.91 Å². The summed E-state index contributed by atoms with van der Waals surface area (Å²) < 4.78 is 11.6. The summed E-state index contributed by atoms with van der Waals surface area (Å²) in [5.41, 5.74) is 3.33. The van der Waals surface area contributed by atoms with Crippen LogP contribution in [0.5, 0.6) is 11.5 Å². The molecule has 0 heterocycles. The van der Waals surface area contributed by atoms with Crippen LogP contribution < -0.4 is 14.8 Å². The molecule has 0 saturated heterocycles. The highest BCUT2D eigenvalue weighted by atomic mass is 16.5. The number of nitrogens with one attached hydrogen (secondary N) is 1. The van der Waals surface area contributed by atoms with Crippen molar-refractivity contribution in [3.8, 4) is 11.5 Å². The van der Waals surface area contributed by atoms with Crippen LogP contribution in [-0.2, 0) is 11.2 Å². The lowest BCUT2D eigenvalue weighted by atomic mass is 10.1. The van der Waals surface area contributed by atoms with Gasteiger partial charge in [0.2, 0.25) is 0 Å². The van der Waals surface area contributed by atoms with Crippen LogP contribution in [0.4, 0.5) is 0 Å². The summed E-state index contributed by atoms with van der Waals surface area (Å²) >= 11 is 0. The topological polar surface area (TPSA) is 47.6 Å². The number of hydrogen-bond donors (Lipinski definition) is 1. The molecular weight excluding hydrogens is 338 g/mol. The lowest BCUT2D eigenvalue weighted by Gasteiger charge is -2.17. The molecular formula is C23H31NO3. The molecule has 1 amide bonds. The molecule has 1 atom stereocenters. The molecule has 27 heavy (non-hydrogen) atoms. The van der Waals surface area contributed by atoms with Crippen molar-refractivity contribution < 1.29 is 14.3 Å². The number of hydrogen-bond acceptors (Lipinski definition) is 3. The van der Waals surface area contributed by atoms with E-state index >= 15 is 0 Å². The van der Waals surface area contributed by atoms with Crippen molar-refractivity contribution in [2.24, 2.45) is 0 Å². The second-order valence-electron chi connectivity index (χ2n) is 6.88. The smallest absolute Gasteiger partial charge is 0.260 e. The molecule has 2 aromatic rings. The fraction of sp³-hybridized carbons (Fsp3) is 0.435. The van der Waals surface area contributed by atoms with Crippen LogP contribution in [0.1, 0.15) is 43.4 Å². The van der Waals surface area contributed by atoms with E-state index in [0.717, 1.165) is 48.5 Å². The van der Waals surface area contributed by atoms with Gasteiger partial charge >= 0.3 is 0 Å². The van der Waals surface area contributed by atoms with Crippen LogP contribution in [0.25, 0.3) is 0 Å². The number of ether oxygens (including phenoxy) is 2. The molecule has 2 aromatic carbocycles. The number of para-hydroxylation sites is 1. The third-order valence-corrected chi connectivity index (χ3v) is 4.37. The predicted octanol–water partition coefficient (Wildman–Crippen LogP) is 4.61. The van der Waals surface area contributed by atoms with E-state index in [1.54, 1.807) is 6.92 Å². The first kappa shape index (κ1) is 20.8. The first-order valence-electron chi connectivity index (χ1n) is 9.73. The average molecular weight is 370 g/mol. The van der Waals surface area contributed by atoms with Gasteiger partial charge in [0.15, 0.2) is 6.10 Å². The van der Waals surface area contributed by atoms with Crippen LogP contribution in [0.15, 0.2) is 42.5 Å². The van der Waals surface area contributed by atoms with E-state index in [2.05, 4.69) is 18.3 Å². The maximum atomic E-state index is 12.3. The molecule has 0 radical (unpaired) electrons. The summed E-state index contributed by atoms with van der Waals surface area (Å²) in [6, 6.07) is 14.1. The molecule has 0 aliphatic heterocycles. The van der Waals surface area contributed by atoms with Crippen LogP contribution in [0.2, 0.25) is 0 Å². The first-order chi connectivity index (χ1) is 13.0. The molecule has 0 fully saturated rings. The van der Waals surface area contributed by atoms with Crippen LogP contribution >= 0.6 is 0 Å². The van der Waals surface area contributed by atoms with Crippen molar-refractivity contribution in [3.05, 3.63) is 59.2 Å². The van der Waals surface area contributed by atoms with Gasteiger partial charge in [-0.3, -0.25) is 4.79 Å². The summed E-state index contributed by atoms with van der Waals surface area (Å²) in [5.74, 6) is 1.61. The zero-order valence-corrected chi connectivity index (χ0v) is 16.9. The summed E-state index contributed by atoms with van der Waals surface area (Å²) in [6.07, 6.45) is 2.19. The minimum atomic E-state index is -0.523. The Hall–Kier alpha value is -2.49. The Kier molecular flexibility index (Phi) is 8.18. The first-order valence-corrected chi connectivity index (χ1v) is 9.73. The van der Waals surface area contributed by atoms with Gasteiger partial charge in [0.1, 0.15) is 11.5 Å². The Bertz CT molecular complexity index is 742. The predicted molar refractivity (Wildman–Crippen MR) is 110 cm³/mol. The van der Waals surface area contributed by atoms with Gasteiger partial charge in [-0.2, -0.15) is 0 Å². The maximum Gasteiger partial charge on any atom is 0.260 e. The molecule has 0 aromatic heterocycles. The zero-order chi connectivity index (χ0) is 19.6. The van der Waals surface area contributed by atoms with E-state index in [0.29, 0.717) is 6.54 Å². The largest absolute Gasteiger partial charge is 0.493 e. The van der Waals surface area contributed by atoms with Crippen molar-refractivity contribution in [2.45, 2.75) is 53.1 Å². The minimum absolute atomic E-state index is 0.0913. The van der Waals surface area contributed by atoms with Crippen LogP contribution in [0.3, 0.4) is 0 Å². The number of rotatable bonds is 10. The second-order valence-corrected chi connectivity index (χ2v) is 6.88. The van der Waals surface area contributed by atoms with Crippen LogP contribution in [-0.4, -0.2) is 25.2 Å². The SMILES string of the molecule is CCCOc1ccccc1CCCNC(=O)C(C)Oc1cc(C)ccc1C. The van der Waals surface area contributed by atoms with E-state index in [9.17, 15) is 4.79 Å². The average Bonchev–Trinajstić information content (AvgIpc) is 2.67. The van der Waals surface area contributed by atoms with Gasteiger partial charge in [-0.05, 0) is 68.9 Å². The van der Waals surface area contributed by atoms with Gasteiger partial charge < -0.3 is 14.8 Å². The number of aryl methyl sites for hydroxylation is 3. The monoisotopic (exact) mass is 369 g/mol. The van der Waals surface area contributed by atoms with Crippen molar-refractivity contribution in [1.82, 2.24) is 5.32 Å². The highest BCUT2D eigenvalue weighted by molar-refractivity contribution is 5.80. The van der Waals surface area contributed by atoms with Gasteiger partial charge in [0, 0.05) is 6.54 Å². The number of carbonyl (C=O) groups is 1. The van der Waals surface area contributed by atoms with Gasteiger partial charge in [-0.15, -0.1) is 0 Å². The highest BCUT2D eigenvalue weighted by Gasteiger charge is 2.15. The molecule has 4 heteroatoms. The maximum absolute atomic E-state index is 12.3. The molecule has 0 saturated carbocycles. The Morgan fingerprint density at radius 2 is 1.89 bits per heavy atom. The molecule has 1 unspecified atom stereocenters. The molecule has 4 nitrogen and oxygen atoms in total. The van der Waals surface area contributed by atoms with Gasteiger partial charge in [0.05, 0.1) is 6.61 Å². The van der Waals surface area contributed by atoms with E-state index in [1.165, 1.54) is 5.56 Å². The molecule has 0 aliphatic rings. The molecule has 146 valence electrons. The highest BCUT2D eigenvalue weighted by Crippen LogP contribution is 2.21. The van der Waals surface area contributed by atoms with Crippen molar-refractivity contribution in [2.75, 3.05) is 13.2 Å². The third-order valence-electron chi connectivity index (χ3n) is 4.37. The van der Waals surface area contributed by atoms with Gasteiger partial charge in [-0.25, -0.2) is 0 Å². The number of benzene rings is 2. The van der Waals surface area contributed by atoms with E-state index in [4.69, 9.17) is 9.47 Å². The summed E-state index contributed by atoms with van der Waals surface area (Å²) in [5, 5.41) is 2.96. The quantitative estimate of drug-likeness (QED) is 0.622. The van der Waals surface area contributed by atoms with E-state index in [1.807, 2.05) is 50.2 Å². The fourth-order valence-corrected chi connectivity index (χ4v) is 2.78. The van der Waals surface area contributed by atoms with Gasteiger partial charge in [-0.1, -0.05) is 37.3 Å². The summed E-state index contributed by atoms with van der Waals surface area (Å²) in [6.45, 7) is 9.21. The fourth-order valence-electron chi connectivity index (χ4n) is 2.78. The minimum Gasteiger partial charge on any atom is -0.493 e. The molecule has 0 aliphatic carbocycles. The Morgan fingerprint density at radius 1 is 1.11 bits per heavy atom. The zero-order valence-electron chi connectivity index (χ0n) is 16.9. The lowest BCUT2D eigenvalue weighted by molar-refractivity contribution is -0.127. The number of carbonyl (C=O) groups excluding carboxylic acids is 1. The Labute approximate surface area is 162 Å². The lowest BCUT2D eigenvalue weighted by Crippen LogP contribution is -2.37. The van der Waals surface area contributed by atoms with E-state index in [-0.39, 0.29) is 5.91 Å². The summed E-state index contributed by atoms with van der Waals surface area (Å²) in [7, 11) is 0. The normalized spacial score (nSPS) is 11.7. The second kappa shape index (κ2) is 10.6. The van der Waals surface area contributed by atoms with Gasteiger partial charge in [0.25, 0.3) is 5.91 Å². The molecule has 1 N–H and O–H groups in total. The van der Waals surface area contributed by atoms with E-state index < -0.39 is 6.10 Å². The van der Waals surface area contributed by atoms with Crippen molar-refractivity contribution in [3.63, 3.8) is 0 Å². The summed E-state index contributed by atoms with van der Waals surface area (Å²) in [4.78, 5) is 12.3. The molecule has 2 rings (SSSR count). The van der Waals surface area contributed by atoms with Crippen molar-refractivity contribution in [1.29, 1.82) is 0 Å². The Morgan fingerprint density at radius 3 is 2.67 bits per heavy atom. The standard InChI is InChI=1S/C23H31NO3/c1-5-15-26-21-11-7-6-9-20(21)10-8-14-24-23(25)19(4)27-22-16-17(2)12-13-18(22)3/h6-7,9,11-13,16,19H,5,8,10,14-15H2,1-4H3,(H,24,25). The number of amides is 1. The third kappa shape index (κ3) is 6.63. The molecule has 0 spiro atoms.